The van der Waals surface area contributed by atoms with Crippen LogP contribution in [0, 0.1) is 22.6 Å². The Kier molecular flexibility index (Phi) is 8.96. The predicted molar refractivity (Wildman–Crippen MR) is 171 cm³/mol. The van der Waals surface area contributed by atoms with Crippen LogP contribution in [0.25, 0.3) is 22.3 Å². The molecular weight excluding hydrogens is 587 g/mol. The zero-order chi connectivity index (χ0) is 32.3. The maximum absolute atomic E-state index is 15.6. The summed E-state index contributed by atoms with van der Waals surface area (Å²) in [5, 5.41) is 15.3. The number of likely N-dealkylation sites (tertiary alicyclic amines) is 1. The third kappa shape index (κ3) is 6.71. The molecule has 1 atom stereocenters. The van der Waals surface area contributed by atoms with Crippen LogP contribution in [-0.4, -0.2) is 81.4 Å². The Labute approximate surface area is 267 Å². The number of fused-ring (bicyclic) bond motifs is 1. The Morgan fingerprint density at radius 2 is 1.93 bits per heavy atom. The van der Waals surface area contributed by atoms with Crippen molar-refractivity contribution in [3.8, 4) is 28.8 Å². The number of carbonyl (C=O) groups excluding carboxylic acids is 1. The number of ether oxygens (including phenoxy) is 2. The van der Waals surface area contributed by atoms with E-state index in [1.165, 1.54) is 12.4 Å². The number of aromatic nitrogens is 4. The number of hydrogen-bond acceptors (Lipinski definition) is 9. The second-order valence-corrected chi connectivity index (χ2v) is 12.4. The number of nitriles is 1. The zero-order valence-electron chi connectivity index (χ0n) is 26.0. The lowest BCUT2D eigenvalue weighted by Gasteiger charge is -2.34. The van der Waals surface area contributed by atoms with Crippen LogP contribution in [0.5, 0.6) is 11.5 Å². The average Bonchev–Trinajstić information content (AvgIpc) is 3.45. The highest BCUT2D eigenvalue weighted by molar-refractivity contribution is 5.99. The van der Waals surface area contributed by atoms with Gasteiger partial charge in [0.1, 0.15) is 46.8 Å². The molecule has 11 nitrogen and oxygen atoms in total. The fourth-order valence-electron chi connectivity index (χ4n) is 6.24. The van der Waals surface area contributed by atoms with Crippen molar-refractivity contribution in [1.82, 2.24) is 29.5 Å². The number of nitrogens with zero attached hydrogens (tertiary/aromatic N) is 7. The Morgan fingerprint density at radius 1 is 1.15 bits per heavy atom. The van der Waals surface area contributed by atoms with Crippen LogP contribution >= 0.6 is 0 Å². The van der Waals surface area contributed by atoms with E-state index in [4.69, 9.17) is 20.3 Å². The van der Waals surface area contributed by atoms with E-state index < -0.39 is 5.82 Å². The molecule has 2 aliphatic heterocycles. The monoisotopic (exact) mass is 624 g/mol. The topological polar surface area (TPSA) is 135 Å². The van der Waals surface area contributed by atoms with Crippen molar-refractivity contribution in [3.05, 3.63) is 72.3 Å². The third-order valence-electron chi connectivity index (χ3n) is 8.34. The van der Waals surface area contributed by atoms with Crippen LogP contribution in [-0.2, 0) is 9.53 Å². The van der Waals surface area contributed by atoms with Crippen LogP contribution in [0.1, 0.15) is 32.7 Å². The lowest BCUT2D eigenvalue weighted by Crippen LogP contribution is -2.43. The van der Waals surface area contributed by atoms with Crippen molar-refractivity contribution in [2.75, 3.05) is 51.7 Å². The van der Waals surface area contributed by atoms with Gasteiger partial charge in [0, 0.05) is 44.4 Å². The first kappa shape index (κ1) is 31.1. The molecule has 6 rings (SSSR count). The van der Waals surface area contributed by atoms with Gasteiger partial charge in [0.2, 0.25) is 0 Å². The summed E-state index contributed by atoms with van der Waals surface area (Å²) in [6.45, 7) is 8.62. The molecule has 4 aromatic rings. The number of anilines is 1. The number of halogens is 1. The van der Waals surface area contributed by atoms with E-state index in [2.05, 4.69) is 20.9 Å². The van der Waals surface area contributed by atoms with Gasteiger partial charge in [-0.2, -0.15) is 10.4 Å². The van der Waals surface area contributed by atoms with E-state index >= 15 is 4.39 Å². The molecule has 0 radical (unpaired) electrons. The number of nitrogen functional groups attached to an aromatic ring is 1. The number of hydrogen-bond donors (Lipinski definition) is 1. The number of carbonyl (C=O) groups is 1. The average molecular weight is 625 g/mol. The van der Waals surface area contributed by atoms with Gasteiger partial charge in [-0.1, -0.05) is 38.1 Å². The Bertz CT molecular complexity index is 1790. The summed E-state index contributed by atoms with van der Waals surface area (Å²) < 4.78 is 28.6. The summed E-state index contributed by atoms with van der Waals surface area (Å²) in [6, 6.07) is 15.6. The molecular formula is C34H37FN8O3. The molecule has 0 unspecified atom stereocenters. The summed E-state index contributed by atoms with van der Waals surface area (Å²) in [5.74, 6) is 0.265. The smallest absolute Gasteiger partial charge is 0.264 e. The molecule has 0 spiro atoms. The van der Waals surface area contributed by atoms with Gasteiger partial charge >= 0.3 is 0 Å². The molecule has 0 aliphatic carbocycles. The molecule has 1 amide bonds. The molecule has 2 aromatic carbocycles. The summed E-state index contributed by atoms with van der Waals surface area (Å²) in [4.78, 5) is 26.3. The fraction of sp³-hybridized carbons (Fsp3) is 0.382. The van der Waals surface area contributed by atoms with Gasteiger partial charge < -0.3 is 20.1 Å². The Morgan fingerprint density at radius 3 is 2.67 bits per heavy atom. The quantitative estimate of drug-likeness (QED) is 0.213. The van der Waals surface area contributed by atoms with Crippen LogP contribution in [0.2, 0.25) is 0 Å². The van der Waals surface area contributed by atoms with E-state index in [0.717, 1.165) is 19.6 Å². The Hall–Kier alpha value is -4.86. The molecule has 12 heteroatoms. The van der Waals surface area contributed by atoms with E-state index in [0.29, 0.717) is 67.4 Å². The number of amides is 1. The van der Waals surface area contributed by atoms with E-state index in [1.807, 2.05) is 32.0 Å². The molecule has 2 saturated heterocycles. The molecule has 46 heavy (non-hydrogen) atoms. The minimum Gasteiger partial charge on any atom is -0.457 e. The zero-order valence-corrected chi connectivity index (χ0v) is 26.0. The van der Waals surface area contributed by atoms with Crippen molar-refractivity contribution in [1.29, 1.82) is 5.26 Å². The predicted octanol–water partition coefficient (Wildman–Crippen LogP) is 4.98. The maximum atomic E-state index is 15.6. The molecule has 0 bridgehead atoms. The molecule has 2 N–H and O–H groups in total. The van der Waals surface area contributed by atoms with Crippen molar-refractivity contribution >= 4 is 22.8 Å². The Balaban J connectivity index is 1.26. The number of para-hydroxylation sites is 1. The maximum Gasteiger partial charge on any atom is 0.264 e. The lowest BCUT2D eigenvalue weighted by atomic mass is 9.89. The summed E-state index contributed by atoms with van der Waals surface area (Å²) in [5.41, 5.74) is 7.03. The minimum atomic E-state index is -0.535. The van der Waals surface area contributed by atoms with Gasteiger partial charge in [0.25, 0.3) is 5.91 Å². The highest BCUT2D eigenvalue weighted by atomic mass is 19.1. The first-order valence-electron chi connectivity index (χ1n) is 15.5. The number of rotatable bonds is 8. The summed E-state index contributed by atoms with van der Waals surface area (Å²) in [6.07, 6.45) is 4.55. The lowest BCUT2D eigenvalue weighted by molar-refractivity contribution is -0.128. The van der Waals surface area contributed by atoms with E-state index in [9.17, 15) is 10.1 Å². The summed E-state index contributed by atoms with van der Waals surface area (Å²) >= 11 is 0. The largest absolute Gasteiger partial charge is 0.457 e. The van der Waals surface area contributed by atoms with Gasteiger partial charge in [0.05, 0.1) is 24.6 Å². The standard InChI is InChI=1S/C34H37FN8O3/c1-34(2,21-41-13-15-45-16-14-41)18-23(19-36)33(44)42-12-6-7-24(20-42)43-32-29(31(37)38-22-39-32)30(40-43)27-11-10-26(17-28(27)35)46-25-8-4-3-5-9-25/h3-5,8-11,17-18,22,24H,6-7,12-16,20-21H2,1-2H3,(H2,37,38,39)/b23-18+/t24-/m0/s1. The van der Waals surface area contributed by atoms with Crippen molar-refractivity contribution in [2.24, 2.45) is 5.41 Å². The molecule has 4 heterocycles. The van der Waals surface area contributed by atoms with Gasteiger partial charge in [-0.05, 0) is 42.5 Å². The molecule has 238 valence electrons. The number of morpholine rings is 1. The van der Waals surface area contributed by atoms with Crippen molar-refractivity contribution < 1.29 is 18.7 Å². The summed E-state index contributed by atoms with van der Waals surface area (Å²) in [7, 11) is 0. The van der Waals surface area contributed by atoms with Crippen molar-refractivity contribution in [3.63, 3.8) is 0 Å². The van der Waals surface area contributed by atoms with Crippen molar-refractivity contribution in [2.45, 2.75) is 32.7 Å². The molecule has 2 aliphatic rings. The third-order valence-corrected chi connectivity index (χ3v) is 8.34. The molecule has 2 aromatic heterocycles. The van der Waals surface area contributed by atoms with Crippen LogP contribution in [0.4, 0.5) is 10.2 Å². The van der Waals surface area contributed by atoms with Gasteiger partial charge in [-0.3, -0.25) is 9.69 Å². The number of nitrogens with two attached hydrogens (primary N) is 1. The SMILES string of the molecule is CC(C)(/C=C(\C#N)C(=O)N1CCC[C@H](n2nc(-c3ccc(Oc4ccccc4)cc3F)c3c(N)ncnc32)C1)CN1CCOCC1. The molecule has 2 fully saturated rings. The van der Waals surface area contributed by atoms with Gasteiger partial charge in [-0.25, -0.2) is 19.0 Å². The number of benzene rings is 2. The van der Waals surface area contributed by atoms with Crippen LogP contribution in [0.3, 0.4) is 0 Å². The minimum absolute atomic E-state index is 0.122. The highest BCUT2D eigenvalue weighted by Crippen LogP contribution is 2.36. The first-order valence-corrected chi connectivity index (χ1v) is 15.5. The van der Waals surface area contributed by atoms with Gasteiger partial charge in [0.15, 0.2) is 5.65 Å². The van der Waals surface area contributed by atoms with Crippen LogP contribution < -0.4 is 10.5 Å². The second kappa shape index (κ2) is 13.2. The van der Waals surface area contributed by atoms with E-state index in [-0.39, 0.29) is 34.3 Å². The van der Waals surface area contributed by atoms with Gasteiger partial charge in [-0.15, -0.1) is 0 Å². The fourth-order valence-corrected chi connectivity index (χ4v) is 6.24. The van der Waals surface area contributed by atoms with Crippen LogP contribution in [0.15, 0.2) is 66.5 Å². The number of piperidine rings is 1. The second-order valence-electron chi connectivity index (χ2n) is 12.4. The molecule has 0 saturated carbocycles. The normalized spacial score (nSPS) is 18.0. The van der Waals surface area contributed by atoms with E-state index in [1.54, 1.807) is 39.9 Å². The first-order chi connectivity index (χ1) is 22.2. The highest BCUT2D eigenvalue weighted by Gasteiger charge is 2.32.